The van der Waals surface area contributed by atoms with E-state index in [1.165, 1.54) is 51.9 Å². The van der Waals surface area contributed by atoms with Crippen LogP contribution in [0.2, 0.25) is 0 Å². The molecule has 0 aromatic carbocycles. The lowest BCUT2D eigenvalue weighted by atomic mass is 10.1. The van der Waals surface area contributed by atoms with Crippen molar-refractivity contribution in [3.8, 4) is 0 Å². The van der Waals surface area contributed by atoms with Crippen LogP contribution in [0.5, 0.6) is 0 Å². The van der Waals surface area contributed by atoms with Crippen LogP contribution in [0.4, 0.5) is 0 Å². The van der Waals surface area contributed by atoms with Gasteiger partial charge in [-0.3, -0.25) is 9.80 Å². The molecule has 3 nitrogen and oxygen atoms in total. The Hall–Kier alpha value is -0.120. The van der Waals surface area contributed by atoms with Crippen LogP contribution in [0.1, 0.15) is 32.1 Å². The number of rotatable bonds is 1. The van der Waals surface area contributed by atoms with E-state index < -0.39 is 0 Å². The smallest absolute Gasteiger partial charge is 0.0695 e. The largest absolute Gasteiger partial charge is 0.391 e. The second kappa shape index (κ2) is 4.04. The summed E-state index contributed by atoms with van der Waals surface area (Å²) in [4.78, 5) is 5.20. The van der Waals surface area contributed by atoms with Gasteiger partial charge >= 0.3 is 0 Å². The van der Waals surface area contributed by atoms with E-state index in [0.717, 1.165) is 12.5 Å². The van der Waals surface area contributed by atoms with Crippen molar-refractivity contribution in [2.24, 2.45) is 0 Å². The van der Waals surface area contributed by atoms with Crippen molar-refractivity contribution < 1.29 is 5.11 Å². The first kappa shape index (κ1) is 10.1. The minimum Gasteiger partial charge on any atom is -0.391 e. The molecule has 0 aromatic heterocycles. The second-order valence-corrected chi connectivity index (χ2v) is 5.39. The van der Waals surface area contributed by atoms with Crippen LogP contribution < -0.4 is 0 Å². The average molecular weight is 210 g/mol. The van der Waals surface area contributed by atoms with Gasteiger partial charge in [0.25, 0.3) is 0 Å². The molecule has 0 bridgehead atoms. The van der Waals surface area contributed by atoms with Gasteiger partial charge in [0.1, 0.15) is 0 Å². The van der Waals surface area contributed by atoms with E-state index >= 15 is 0 Å². The normalized spacial score (nSPS) is 43.4. The van der Waals surface area contributed by atoms with Gasteiger partial charge in [-0.1, -0.05) is 0 Å². The molecule has 3 fully saturated rings. The number of nitrogens with zero attached hydrogens (tertiary/aromatic N) is 2. The quantitative estimate of drug-likeness (QED) is 0.689. The fraction of sp³-hybridized carbons (Fsp3) is 1.00. The maximum atomic E-state index is 9.93. The molecule has 1 saturated carbocycles. The molecule has 86 valence electrons. The van der Waals surface area contributed by atoms with E-state index in [-0.39, 0.29) is 6.10 Å². The Kier molecular flexibility index (Phi) is 2.71. The molecular weight excluding hydrogens is 188 g/mol. The highest BCUT2D eigenvalue weighted by Crippen LogP contribution is 2.29. The van der Waals surface area contributed by atoms with Gasteiger partial charge in [0.15, 0.2) is 0 Å². The third-order valence-corrected chi connectivity index (χ3v) is 4.53. The van der Waals surface area contributed by atoms with E-state index in [9.17, 15) is 5.11 Å². The predicted octanol–water partition coefficient (Wildman–Crippen LogP) is 0.680. The van der Waals surface area contributed by atoms with Crippen molar-refractivity contribution in [3.63, 3.8) is 0 Å². The van der Waals surface area contributed by atoms with E-state index in [0.29, 0.717) is 6.04 Å². The van der Waals surface area contributed by atoms with Gasteiger partial charge in [0.05, 0.1) is 6.10 Å². The number of fused-ring (bicyclic) bond motifs is 1. The molecular formula is C12H22N2O. The van der Waals surface area contributed by atoms with Gasteiger partial charge in [-0.2, -0.15) is 0 Å². The van der Waals surface area contributed by atoms with E-state index in [1.807, 2.05) is 0 Å². The van der Waals surface area contributed by atoms with E-state index in [4.69, 9.17) is 0 Å². The Balaban J connectivity index is 1.63. The van der Waals surface area contributed by atoms with Gasteiger partial charge in [-0.25, -0.2) is 0 Å². The Morgan fingerprint density at radius 2 is 1.73 bits per heavy atom. The summed E-state index contributed by atoms with van der Waals surface area (Å²) in [5, 5.41) is 9.93. The molecule has 3 heteroatoms. The summed E-state index contributed by atoms with van der Waals surface area (Å²) in [6.07, 6.45) is 6.17. The van der Waals surface area contributed by atoms with Gasteiger partial charge in [-0.05, 0) is 38.6 Å². The molecule has 1 N–H and O–H groups in total. The molecule has 1 aliphatic carbocycles. The lowest BCUT2D eigenvalue weighted by molar-refractivity contribution is 0.0217. The fourth-order valence-corrected chi connectivity index (χ4v) is 3.66. The summed E-state index contributed by atoms with van der Waals surface area (Å²) in [7, 11) is 0. The number of hydrogen-bond donors (Lipinski definition) is 1. The molecule has 2 saturated heterocycles. The molecule has 15 heavy (non-hydrogen) atoms. The molecule has 0 aromatic rings. The van der Waals surface area contributed by atoms with Crippen LogP contribution in [0, 0.1) is 0 Å². The van der Waals surface area contributed by atoms with E-state index in [1.54, 1.807) is 0 Å². The minimum atomic E-state index is -0.0436. The van der Waals surface area contributed by atoms with Gasteiger partial charge in [0, 0.05) is 31.7 Å². The van der Waals surface area contributed by atoms with Gasteiger partial charge in [0.2, 0.25) is 0 Å². The summed E-state index contributed by atoms with van der Waals surface area (Å²) >= 11 is 0. The Morgan fingerprint density at radius 1 is 0.867 bits per heavy atom. The average Bonchev–Trinajstić information content (AvgIpc) is 2.84. The number of hydrogen-bond acceptors (Lipinski definition) is 3. The monoisotopic (exact) mass is 210 g/mol. The molecule has 2 aliphatic heterocycles. The lowest BCUT2D eigenvalue weighted by Crippen LogP contribution is -2.55. The fourth-order valence-electron chi connectivity index (χ4n) is 3.66. The van der Waals surface area contributed by atoms with Crippen molar-refractivity contribution >= 4 is 0 Å². The molecule has 0 amide bonds. The van der Waals surface area contributed by atoms with Crippen molar-refractivity contribution in [2.45, 2.75) is 50.3 Å². The third-order valence-electron chi connectivity index (χ3n) is 4.53. The predicted molar refractivity (Wildman–Crippen MR) is 59.8 cm³/mol. The number of aliphatic hydroxyl groups excluding tert-OH is 1. The third kappa shape index (κ3) is 1.81. The van der Waals surface area contributed by atoms with Gasteiger partial charge in [-0.15, -0.1) is 0 Å². The van der Waals surface area contributed by atoms with Crippen molar-refractivity contribution in [1.82, 2.24) is 9.80 Å². The first-order valence-electron chi connectivity index (χ1n) is 6.51. The Morgan fingerprint density at radius 3 is 2.53 bits per heavy atom. The molecule has 2 heterocycles. The minimum absolute atomic E-state index is 0.0436. The van der Waals surface area contributed by atoms with Gasteiger partial charge < -0.3 is 5.11 Å². The van der Waals surface area contributed by atoms with Crippen LogP contribution in [0.15, 0.2) is 0 Å². The highest BCUT2D eigenvalue weighted by Gasteiger charge is 2.37. The SMILES string of the molecule is O[C@@H]1CCC[C@H]1N1CCN2CCCC2C1. The lowest BCUT2D eigenvalue weighted by Gasteiger charge is -2.41. The maximum Gasteiger partial charge on any atom is 0.0695 e. The topological polar surface area (TPSA) is 26.7 Å². The second-order valence-electron chi connectivity index (χ2n) is 5.39. The zero-order chi connectivity index (χ0) is 10.3. The van der Waals surface area contributed by atoms with Crippen LogP contribution in [-0.4, -0.2) is 59.3 Å². The van der Waals surface area contributed by atoms with Crippen LogP contribution in [-0.2, 0) is 0 Å². The molecule has 3 atom stereocenters. The number of aliphatic hydroxyl groups is 1. The van der Waals surface area contributed by atoms with Crippen LogP contribution in [0.3, 0.4) is 0 Å². The summed E-state index contributed by atoms with van der Waals surface area (Å²) < 4.78 is 0. The zero-order valence-corrected chi connectivity index (χ0v) is 9.44. The first-order chi connectivity index (χ1) is 7.34. The zero-order valence-electron chi connectivity index (χ0n) is 9.44. The summed E-state index contributed by atoms with van der Waals surface area (Å²) in [5.41, 5.74) is 0. The summed E-state index contributed by atoms with van der Waals surface area (Å²) in [6.45, 7) is 4.93. The summed E-state index contributed by atoms with van der Waals surface area (Å²) in [5.74, 6) is 0. The van der Waals surface area contributed by atoms with Crippen LogP contribution >= 0.6 is 0 Å². The van der Waals surface area contributed by atoms with Crippen molar-refractivity contribution in [3.05, 3.63) is 0 Å². The Bertz CT molecular complexity index is 234. The molecule has 0 spiro atoms. The molecule has 1 unspecified atom stereocenters. The summed E-state index contributed by atoms with van der Waals surface area (Å²) in [6, 6.07) is 1.28. The van der Waals surface area contributed by atoms with Crippen LogP contribution in [0.25, 0.3) is 0 Å². The number of piperazine rings is 1. The van der Waals surface area contributed by atoms with E-state index in [2.05, 4.69) is 9.80 Å². The molecule has 0 radical (unpaired) electrons. The first-order valence-corrected chi connectivity index (χ1v) is 6.51. The highest BCUT2D eigenvalue weighted by atomic mass is 16.3. The standard InChI is InChI=1S/C12H22N2O/c15-12-5-1-4-11(12)14-8-7-13-6-2-3-10(13)9-14/h10-12,15H,1-9H2/t10?,11-,12-/m1/s1. The highest BCUT2D eigenvalue weighted by molar-refractivity contribution is 4.93. The molecule has 3 rings (SSSR count). The maximum absolute atomic E-state index is 9.93. The van der Waals surface area contributed by atoms with Crippen molar-refractivity contribution in [1.29, 1.82) is 0 Å². The van der Waals surface area contributed by atoms with Crippen molar-refractivity contribution in [2.75, 3.05) is 26.2 Å². The Labute approximate surface area is 92.1 Å². The molecule has 3 aliphatic rings.